The zero-order valence-electron chi connectivity index (χ0n) is 11.0. The van der Waals surface area contributed by atoms with Gasteiger partial charge in [-0.2, -0.15) is 0 Å². The molecule has 5 atom stereocenters. The number of hydrogen-bond acceptors (Lipinski definition) is 7. The molecule has 1 aliphatic heterocycles. The molecule has 0 bridgehead atoms. The first kappa shape index (κ1) is 16.8. The number of nitrogens with two attached hydrogens (primary N) is 1. The van der Waals surface area contributed by atoms with Crippen molar-refractivity contribution in [2.45, 2.75) is 62.3 Å². The third-order valence-corrected chi connectivity index (χ3v) is 3.54. The average molecular weight is 279 g/mol. The molecule has 7 N–H and O–H groups in total. The quantitative estimate of drug-likeness (QED) is 0.298. The predicted molar refractivity (Wildman–Crippen MR) is 67.1 cm³/mol. The first-order valence-electron chi connectivity index (χ1n) is 6.71. The van der Waals surface area contributed by atoms with Gasteiger partial charge >= 0.3 is 0 Å². The highest BCUT2D eigenvalue weighted by Crippen LogP contribution is 2.32. The Morgan fingerprint density at radius 2 is 1.63 bits per heavy atom. The molecule has 1 rings (SSSR count). The molecule has 7 nitrogen and oxygen atoms in total. The molecular formula is C12H25NO6. The van der Waals surface area contributed by atoms with Gasteiger partial charge in [0, 0.05) is 6.42 Å². The van der Waals surface area contributed by atoms with Crippen molar-refractivity contribution < 1.29 is 30.3 Å². The monoisotopic (exact) mass is 279 g/mol. The van der Waals surface area contributed by atoms with Crippen LogP contribution in [0, 0.1) is 0 Å². The van der Waals surface area contributed by atoms with E-state index in [-0.39, 0.29) is 6.42 Å². The Labute approximate surface area is 112 Å². The maximum atomic E-state index is 10.2. The molecule has 7 heteroatoms. The second kappa shape index (κ2) is 7.49. The Morgan fingerprint density at radius 1 is 1.00 bits per heavy atom. The minimum atomic E-state index is -1.94. The molecule has 0 radical (unpaired) electrons. The number of hydrogen-bond donors (Lipinski definition) is 6. The second-order valence-corrected chi connectivity index (χ2v) is 5.06. The van der Waals surface area contributed by atoms with Crippen LogP contribution in [-0.2, 0) is 4.74 Å². The molecule has 0 spiro atoms. The van der Waals surface area contributed by atoms with E-state index in [9.17, 15) is 20.4 Å². The van der Waals surface area contributed by atoms with Gasteiger partial charge in [0.05, 0.1) is 6.61 Å². The summed E-state index contributed by atoms with van der Waals surface area (Å²) in [5.41, 5.74) is 5.37. The molecule has 1 heterocycles. The Morgan fingerprint density at radius 3 is 2.21 bits per heavy atom. The lowest BCUT2D eigenvalue weighted by Gasteiger charge is -2.45. The minimum Gasteiger partial charge on any atom is -0.394 e. The first-order valence-corrected chi connectivity index (χ1v) is 6.71. The summed E-state index contributed by atoms with van der Waals surface area (Å²) in [6.07, 6.45) is -2.32. The van der Waals surface area contributed by atoms with Crippen LogP contribution in [-0.4, -0.2) is 68.9 Å². The lowest BCUT2D eigenvalue weighted by molar-refractivity contribution is -0.351. The van der Waals surface area contributed by atoms with Gasteiger partial charge < -0.3 is 36.0 Å². The average Bonchev–Trinajstić information content (AvgIpc) is 2.41. The summed E-state index contributed by atoms with van der Waals surface area (Å²) in [5.74, 6) is -1.94. The van der Waals surface area contributed by atoms with Crippen LogP contribution in [0.25, 0.3) is 0 Å². The van der Waals surface area contributed by atoms with E-state index in [0.29, 0.717) is 13.0 Å². The van der Waals surface area contributed by atoms with Gasteiger partial charge in [-0.15, -0.1) is 0 Å². The summed E-state index contributed by atoms with van der Waals surface area (Å²) < 4.78 is 5.15. The standard InChI is InChI=1S/C12H25NO6/c13-6-4-2-1-3-5-12(18)11(17)10(16)9(15)8(7-14)19-12/h8-11,14-18H,1-7,13H2/t8-,9+,10+,11-,12-/m1/s1. The van der Waals surface area contributed by atoms with Crippen molar-refractivity contribution in [1.82, 2.24) is 0 Å². The van der Waals surface area contributed by atoms with Crippen LogP contribution < -0.4 is 5.73 Å². The number of unbranched alkanes of at least 4 members (excludes halogenated alkanes) is 3. The van der Waals surface area contributed by atoms with E-state index in [2.05, 4.69) is 0 Å². The van der Waals surface area contributed by atoms with E-state index < -0.39 is 36.8 Å². The van der Waals surface area contributed by atoms with Gasteiger partial charge in [-0.05, 0) is 19.4 Å². The van der Waals surface area contributed by atoms with Crippen LogP contribution in [0.5, 0.6) is 0 Å². The molecule has 1 fully saturated rings. The van der Waals surface area contributed by atoms with Crippen LogP contribution in [0.3, 0.4) is 0 Å². The Hall–Kier alpha value is -0.280. The fourth-order valence-electron chi connectivity index (χ4n) is 2.30. The third-order valence-electron chi connectivity index (χ3n) is 3.54. The highest BCUT2D eigenvalue weighted by atomic mass is 16.7. The van der Waals surface area contributed by atoms with Gasteiger partial charge in [0.25, 0.3) is 0 Å². The van der Waals surface area contributed by atoms with Crippen LogP contribution in [0.4, 0.5) is 0 Å². The first-order chi connectivity index (χ1) is 8.96. The van der Waals surface area contributed by atoms with Crippen molar-refractivity contribution in [3.8, 4) is 0 Å². The number of aliphatic hydroxyl groups is 5. The summed E-state index contributed by atoms with van der Waals surface area (Å²) in [6, 6.07) is 0. The summed E-state index contributed by atoms with van der Waals surface area (Å²) in [6.45, 7) is 0.0708. The molecule has 114 valence electrons. The van der Waals surface area contributed by atoms with Crippen LogP contribution >= 0.6 is 0 Å². The van der Waals surface area contributed by atoms with E-state index >= 15 is 0 Å². The van der Waals surface area contributed by atoms with E-state index in [4.69, 9.17) is 15.6 Å². The van der Waals surface area contributed by atoms with Gasteiger partial charge in [-0.3, -0.25) is 0 Å². The molecule has 0 aliphatic carbocycles. The normalized spacial score (nSPS) is 39.5. The molecule has 1 aliphatic rings. The van der Waals surface area contributed by atoms with E-state index in [1.165, 1.54) is 0 Å². The van der Waals surface area contributed by atoms with Gasteiger partial charge in [-0.25, -0.2) is 0 Å². The van der Waals surface area contributed by atoms with Crippen molar-refractivity contribution in [3.63, 3.8) is 0 Å². The summed E-state index contributed by atoms with van der Waals surface area (Å²) in [4.78, 5) is 0. The highest BCUT2D eigenvalue weighted by Gasteiger charge is 2.51. The van der Waals surface area contributed by atoms with Gasteiger partial charge in [0.2, 0.25) is 0 Å². The van der Waals surface area contributed by atoms with E-state index in [0.717, 1.165) is 19.3 Å². The van der Waals surface area contributed by atoms with Gasteiger partial charge in [-0.1, -0.05) is 12.8 Å². The maximum absolute atomic E-state index is 10.2. The maximum Gasteiger partial charge on any atom is 0.195 e. The third kappa shape index (κ3) is 4.09. The lowest BCUT2D eigenvalue weighted by Crippen LogP contribution is -2.65. The Kier molecular flexibility index (Phi) is 6.61. The summed E-state index contributed by atoms with van der Waals surface area (Å²) in [7, 11) is 0. The molecule has 1 saturated heterocycles. The van der Waals surface area contributed by atoms with Crippen molar-refractivity contribution in [1.29, 1.82) is 0 Å². The molecule has 0 unspecified atom stereocenters. The zero-order chi connectivity index (χ0) is 14.5. The highest BCUT2D eigenvalue weighted by molar-refractivity contribution is 4.95. The van der Waals surface area contributed by atoms with Crippen molar-refractivity contribution in [2.24, 2.45) is 5.73 Å². The van der Waals surface area contributed by atoms with Gasteiger partial charge in [0.15, 0.2) is 5.79 Å². The SMILES string of the molecule is NCCCCCC[C@@]1(O)O[C@H](CO)[C@H](O)[C@H](O)[C@H]1O. The van der Waals surface area contributed by atoms with Crippen molar-refractivity contribution in [2.75, 3.05) is 13.2 Å². The molecule has 0 aromatic heterocycles. The Balaban J connectivity index is 2.52. The van der Waals surface area contributed by atoms with Crippen LogP contribution in [0.1, 0.15) is 32.1 Å². The number of aliphatic hydroxyl groups excluding tert-OH is 4. The van der Waals surface area contributed by atoms with Crippen molar-refractivity contribution in [3.05, 3.63) is 0 Å². The zero-order valence-corrected chi connectivity index (χ0v) is 11.0. The van der Waals surface area contributed by atoms with E-state index in [1.54, 1.807) is 0 Å². The number of ether oxygens (including phenoxy) is 1. The smallest absolute Gasteiger partial charge is 0.195 e. The fraction of sp³-hybridized carbons (Fsp3) is 1.00. The summed E-state index contributed by atoms with van der Waals surface area (Å²) >= 11 is 0. The molecule has 0 saturated carbocycles. The van der Waals surface area contributed by atoms with Crippen molar-refractivity contribution >= 4 is 0 Å². The predicted octanol–water partition coefficient (Wildman–Crippen LogP) is -1.94. The summed E-state index contributed by atoms with van der Waals surface area (Å²) in [5, 5.41) is 48.3. The fourth-order valence-corrected chi connectivity index (χ4v) is 2.30. The second-order valence-electron chi connectivity index (χ2n) is 5.06. The number of rotatable bonds is 7. The molecule has 0 amide bonds. The lowest BCUT2D eigenvalue weighted by atomic mass is 9.89. The van der Waals surface area contributed by atoms with Crippen LogP contribution in [0.15, 0.2) is 0 Å². The van der Waals surface area contributed by atoms with E-state index in [1.807, 2.05) is 0 Å². The van der Waals surface area contributed by atoms with Gasteiger partial charge in [0.1, 0.15) is 24.4 Å². The molecule has 19 heavy (non-hydrogen) atoms. The molecule has 0 aromatic carbocycles. The Bertz CT molecular complexity index is 265. The minimum absolute atomic E-state index is 0.124. The largest absolute Gasteiger partial charge is 0.394 e. The van der Waals surface area contributed by atoms with Crippen LogP contribution in [0.2, 0.25) is 0 Å². The topological polar surface area (TPSA) is 136 Å². The molecule has 0 aromatic rings. The molecular weight excluding hydrogens is 254 g/mol.